The number of fused-ring (bicyclic) bond motifs is 1. The highest BCUT2D eigenvalue weighted by Gasteiger charge is 2.33. The van der Waals surface area contributed by atoms with Crippen LogP contribution < -0.4 is 14.7 Å². The molecule has 5 nitrogen and oxygen atoms in total. The van der Waals surface area contributed by atoms with E-state index < -0.39 is 0 Å². The minimum Gasteiger partial charge on any atom is -0.872 e. The van der Waals surface area contributed by atoms with Crippen LogP contribution in [0.3, 0.4) is 0 Å². The molecule has 0 aliphatic carbocycles. The number of furan rings is 1. The summed E-state index contributed by atoms with van der Waals surface area (Å²) in [6.45, 7) is 4.52. The lowest BCUT2D eigenvalue weighted by Crippen LogP contribution is -3.11. The summed E-state index contributed by atoms with van der Waals surface area (Å²) < 4.78 is 11.1. The van der Waals surface area contributed by atoms with E-state index in [-0.39, 0.29) is 17.3 Å². The molecule has 1 N–H and O–H groups in total. The van der Waals surface area contributed by atoms with Crippen LogP contribution in [0.2, 0.25) is 0 Å². The summed E-state index contributed by atoms with van der Waals surface area (Å²) in [5.41, 5.74) is 1.81. The van der Waals surface area contributed by atoms with Gasteiger partial charge in [-0.15, -0.1) is 0 Å². The molecular weight excluding hydrogens is 318 g/mol. The molecule has 0 atom stereocenters. The fourth-order valence-corrected chi connectivity index (χ4v) is 3.72. The topological polar surface area (TPSA) is 66.9 Å². The van der Waals surface area contributed by atoms with Crippen LogP contribution in [-0.2, 0) is 6.54 Å². The number of hydrogen-bond donors (Lipinski definition) is 1. The van der Waals surface area contributed by atoms with Gasteiger partial charge in [-0.3, -0.25) is 4.79 Å². The molecule has 25 heavy (non-hydrogen) atoms. The van der Waals surface area contributed by atoms with Crippen LogP contribution in [0, 0.1) is 6.92 Å². The maximum atomic E-state index is 12.8. The molecule has 0 amide bonds. The zero-order valence-corrected chi connectivity index (χ0v) is 14.3. The van der Waals surface area contributed by atoms with Crippen molar-refractivity contribution in [2.24, 2.45) is 0 Å². The van der Waals surface area contributed by atoms with Gasteiger partial charge in [0.05, 0.1) is 24.9 Å². The molecule has 130 valence electrons. The molecule has 0 radical (unpaired) electrons. The van der Waals surface area contributed by atoms with Crippen LogP contribution in [-0.4, -0.2) is 18.9 Å². The van der Waals surface area contributed by atoms with E-state index in [9.17, 15) is 9.90 Å². The van der Waals surface area contributed by atoms with E-state index >= 15 is 0 Å². The van der Waals surface area contributed by atoms with Crippen molar-refractivity contribution in [2.75, 3.05) is 13.1 Å². The number of carbonyl (C=O) groups excluding carboxylic acids is 1. The predicted octanol–water partition coefficient (Wildman–Crippen LogP) is 1.85. The van der Waals surface area contributed by atoms with Gasteiger partial charge in [0.15, 0.2) is 5.76 Å². The van der Waals surface area contributed by atoms with E-state index in [2.05, 4.69) is 0 Å². The van der Waals surface area contributed by atoms with Crippen molar-refractivity contribution in [1.82, 2.24) is 0 Å². The predicted molar refractivity (Wildman–Crippen MR) is 90.5 cm³/mol. The quantitative estimate of drug-likeness (QED) is 0.867. The summed E-state index contributed by atoms with van der Waals surface area (Å²) in [7, 11) is 0. The minimum atomic E-state index is -0.182. The van der Waals surface area contributed by atoms with Crippen molar-refractivity contribution < 1.29 is 24.0 Å². The van der Waals surface area contributed by atoms with Gasteiger partial charge in [-0.05, 0) is 43.9 Å². The normalized spacial score (nSPS) is 19.2. The van der Waals surface area contributed by atoms with Crippen molar-refractivity contribution in [3.63, 3.8) is 0 Å². The van der Waals surface area contributed by atoms with Crippen LogP contribution in [0.25, 0.3) is 6.08 Å². The van der Waals surface area contributed by atoms with Crippen LogP contribution in [0.1, 0.15) is 46.5 Å². The number of likely N-dealkylation sites (tertiary alicyclic amines) is 1. The van der Waals surface area contributed by atoms with Gasteiger partial charge in [-0.1, -0.05) is 11.8 Å². The highest BCUT2D eigenvalue weighted by Crippen LogP contribution is 2.40. The van der Waals surface area contributed by atoms with E-state index in [1.54, 1.807) is 37.5 Å². The Morgan fingerprint density at radius 2 is 2.08 bits per heavy atom. The lowest BCUT2D eigenvalue weighted by Gasteiger charge is -2.26. The molecule has 0 spiro atoms. The number of nitrogens with one attached hydrogen (secondary N) is 1. The van der Waals surface area contributed by atoms with Crippen LogP contribution in [0.4, 0.5) is 0 Å². The Morgan fingerprint density at radius 1 is 1.28 bits per heavy atom. The first-order valence-corrected chi connectivity index (χ1v) is 8.78. The van der Waals surface area contributed by atoms with E-state index in [0.29, 0.717) is 34.7 Å². The van der Waals surface area contributed by atoms with Gasteiger partial charge in [0.25, 0.3) is 0 Å². The molecule has 0 unspecified atom stereocenters. The van der Waals surface area contributed by atoms with Crippen molar-refractivity contribution in [3.8, 4) is 11.5 Å². The maximum absolute atomic E-state index is 12.8. The molecule has 3 heterocycles. The number of Topliss-reactive ketones (excluding diaryl/α,β-unsaturated/α-hetero) is 1. The van der Waals surface area contributed by atoms with Gasteiger partial charge < -0.3 is 19.2 Å². The Labute approximate surface area is 146 Å². The second-order valence-corrected chi connectivity index (χ2v) is 6.82. The summed E-state index contributed by atoms with van der Waals surface area (Å²) in [5, 5.41) is 12.6. The summed E-state index contributed by atoms with van der Waals surface area (Å²) in [6, 6.07) is 5.08. The number of allylic oxidation sites excluding steroid dienone is 1. The number of quaternary nitrogens is 1. The number of carbonyl (C=O) groups is 1. The van der Waals surface area contributed by atoms with Crippen LogP contribution in [0.5, 0.6) is 11.5 Å². The van der Waals surface area contributed by atoms with E-state index in [1.165, 1.54) is 24.2 Å². The zero-order chi connectivity index (χ0) is 17.4. The molecular formula is C20H21NO4. The van der Waals surface area contributed by atoms with Gasteiger partial charge in [0.1, 0.15) is 18.1 Å². The number of aryl methyl sites for hydroxylation is 1. The maximum Gasteiger partial charge on any atom is 0.232 e. The number of ketones is 1. The Balaban J connectivity index is 1.71. The van der Waals surface area contributed by atoms with Gasteiger partial charge in [0, 0.05) is 11.6 Å². The zero-order valence-electron chi connectivity index (χ0n) is 14.3. The Morgan fingerprint density at radius 3 is 2.80 bits per heavy atom. The number of rotatable bonds is 3. The Hall–Kier alpha value is -2.53. The second kappa shape index (κ2) is 6.41. The number of ether oxygens (including phenoxy) is 1. The first kappa shape index (κ1) is 16.0. The number of hydrogen-bond acceptors (Lipinski definition) is 4. The highest BCUT2D eigenvalue weighted by molar-refractivity contribution is 6.15. The van der Waals surface area contributed by atoms with Crippen molar-refractivity contribution in [3.05, 3.63) is 52.7 Å². The van der Waals surface area contributed by atoms with Gasteiger partial charge >= 0.3 is 0 Å². The molecule has 1 saturated heterocycles. The fraction of sp³-hybridized carbons (Fsp3) is 0.350. The highest BCUT2D eigenvalue weighted by atomic mass is 16.5. The third-order valence-corrected chi connectivity index (χ3v) is 5.01. The van der Waals surface area contributed by atoms with Crippen molar-refractivity contribution in [1.29, 1.82) is 0 Å². The van der Waals surface area contributed by atoms with Crippen LogP contribution >= 0.6 is 0 Å². The summed E-state index contributed by atoms with van der Waals surface area (Å²) in [5.74, 6) is 0.999. The molecule has 5 heteroatoms. The number of piperidine rings is 1. The average Bonchev–Trinajstić information content (AvgIpc) is 3.22. The standard InChI is InChI=1S/C20H21NO4/c1-13-10-16(22)15(12-21-7-3-2-4-8-21)20-18(13)19(23)17(25-20)11-14-6-5-9-24-14/h5-6,9-11,22H,2-4,7-8,12H2,1H3. The third kappa shape index (κ3) is 2.96. The van der Waals surface area contributed by atoms with E-state index in [4.69, 9.17) is 9.15 Å². The van der Waals surface area contributed by atoms with E-state index in [0.717, 1.165) is 13.1 Å². The second-order valence-electron chi connectivity index (χ2n) is 6.82. The summed E-state index contributed by atoms with van der Waals surface area (Å²) in [4.78, 5) is 14.1. The molecule has 1 aromatic heterocycles. The molecule has 1 fully saturated rings. The van der Waals surface area contributed by atoms with Crippen molar-refractivity contribution >= 4 is 11.9 Å². The average molecular weight is 339 g/mol. The lowest BCUT2D eigenvalue weighted by atomic mass is 9.99. The fourth-order valence-electron chi connectivity index (χ4n) is 3.72. The van der Waals surface area contributed by atoms with E-state index in [1.807, 2.05) is 0 Å². The molecule has 4 rings (SSSR count). The molecule has 0 bridgehead atoms. The lowest BCUT2D eigenvalue weighted by molar-refractivity contribution is -0.918. The number of benzene rings is 1. The SMILES string of the molecule is Cc1cc([O-])c(C[NH+]2CCCCC2)c2c1C(=O)C(=Cc1ccco1)O2. The summed E-state index contributed by atoms with van der Waals surface area (Å²) in [6.07, 6.45) is 6.75. The van der Waals surface area contributed by atoms with Crippen molar-refractivity contribution in [2.45, 2.75) is 32.7 Å². The molecule has 2 aliphatic rings. The first-order valence-electron chi connectivity index (χ1n) is 8.78. The van der Waals surface area contributed by atoms with Gasteiger partial charge in [-0.2, -0.15) is 0 Å². The van der Waals surface area contributed by atoms with Gasteiger partial charge in [-0.25, -0.2) is 0 Å². The van der Waals surface area contributed by atoms with Gasteiger partial charge in [0.2, 0.25) is 5.78 Å². The first-order chi connectivity index (χ1) is 12.1. The smallest absolute Gasteiger partial charge is 0.232 e. The Kier molecular flexibility index (Phi) is 4.09. The summed E-state index contributed by atoms with van der Waals surface area (Å²) >= 11 is 0. The third-order valence-electron chi connectivity index (χ3n) is 5.01. The minimum absolute atomic E-state index is 0.0404. The molecule has 2 aromatic rings. The van der Waals surface area contributed by atoms with Crippen LogP contribution in [0.15, 0.2) is 34.6 Å². The molecule has 2 aliphatic heterocycles. The Bertz CT molecular complexity index is 830. The monoisotopic (exact) mass is 339 g/mol. The molecule has 1 aromatic carbocycles. The largest absolute Gasteiger partial charge is 0.872 e. The molecule has 0 saturated carbocycles.